The Hall–Kier alpha value is -1.80. The van der Waals surface area contributed by atoms with E-state index >= 15 is 0 Å². The second-order valence-electron chi connectivity index (χ2n) is 5.17. The highest BCUT2D eigenvalue weighted by Crippen LogP contribution is 2.21. The van der Waals surface area contributed by atoms with Crippen molar-refractivity contribution < 1.29 is 0 Å². The smallest absolute Gasteiger partial charge is 0.0314 e. The molecule has 0 bridgehead atoms. The molecule has 2 aromatic rings. The van der Waals surface area contributed by atoms with Gasteiger partial charge in [-0.25, -0.2) is 0 Å². The molecule has 4 N–H and O–H groups in total. The zero-order valence-corrected chi connectivity index (χ0v) is 11.7. The maximum Gasteiger partial charge on any atom is 0.0314 e. The van der Waals surface area contributed by atoms with Crippen LogP contribution in [-0.2, 0) is 12.8 Å². The minimum Gasteiger partial charge on any atom is -0.399 e. The van der Waals surface area contributed by atoms with Crippen molar-refractivity contribution in [2.45, 2.75) is 26.7 Å². The molecule has 2 aromatic carbocycles. The number of anilines is 1. The van der Waals surface area contributed by atoms with E-state index in [2.05, 4.69) is 38.1 Å². The molecule has 0 aliphatic heterocycles. The normalized spacial score (nSPS) is 10.7. The summed E-state index contributed by atoms with van der Waals surface area (Å²) in [5.74, 6) is 0. The first kappa shape index (κ1) is 13.6. The summed E-state index contributed by atoms with van der Waals surface area (Å²) in [6, 6.07) is 12.6. The lowest BCUT2D eigenvalue weighted by Crippen LogP contribution is -2.05. The molecule has 2 rings (SSSR count). The Kier molecular flexibility index (Phi) is 4.23. The molecule has 0 amide bonds. The molecule has 0 atom stereocenters. The predicted molar refractivity (Wildman–Crippen MR) is 82.3 cm³/mol. The fourth-order valence-corrected chi connectivity index (χ4v) is 2.51. The molecular weight excluding hydrogens is 232 g/mol. The highest BCUT2D eigenvalue weighted by Gasteiger charge is 2.06. The van der Waals surface area contributed by atoms with Crippen LogP contribution in [0.25, 0.3) is 0 Å². The summed E-state index contributed by atoms with van der Waals surface area (Å²) in [6.07, 6.45) is 1.91. The lowest BCUT2D eigenvalue weighted by molar-refractivity contribution is 0.958. The van der Waals surface area contributed by atoms with E-state index in [0.29, 0.717) is 6.54 Å². The number of rotatable bonds is 4. The monoisotopic (exact) mass is 254 g/mol. The second-order valence-corrected chi connectivity index (χ2v) is 5.17. The molecule has 0 radical (unpaired) electrons. The first-order chi connectivity index (χ1) is 9.10. The maximum atomic E-state index is 5.72. The molecule has 0 aromatic heterocycles. The lowest BCUT2D eigenvalue weighted by atomic mass is 9.93. The van der Waals surface area contributed by atoms with Crippen LogP contribution in [0.3, 0.4) is 0 Å². The average Bonchev–Trinajstić information content (AvgIpc) is 2.36. The van der Waals surface area contributed by atoms with Gasteiger partial charge in [0.05, 0.1) is 0 Å². The summed E-state index contributed by atoms with van der Waals surface area (Å²) in [5.41, 5.74) is 18.9. The number of nitrogens with two attached hydrogens (primary N) is 2. The third-order valence-electron chi connectivity index (χ3n) is 3.55. The molecule has 0 aliphatic carbocycles. The van der Waals surface area contributed by atoms with Crippen molar-refractivity contribution in [1.82, 2.24) is 0 Å². The fraction of sp³-hybridized carbons (Fsp3) is 0.294. The van der Waals surface area contributed by atoms with E-state index in [1.54, 1.807) is 0 Å². The zero-order chi connectivity index (χ0) is 13.8. The molecule has 0 spiro atoms. The Morgan fingerprint density at radius 1 is 0.895 bits per heavy atom. The number of hydrogen-bond donors (Lipinski definition) is 2. The van der Waals surface area contributed by atoms with Crippen LogP contribution in [0.15, 0.2) is 36.4 Å². The Balaban J connectivity index is 2.27. The molecule has 100 valence electrons. The Morgan fingerprint density at radius 2 is 1.47 bits per heavy atom. The summed E-state index contributed by atoms with van der Waals surface area (Å²) in [7, 11) is 0. The number of aryl methyl sites for hydroxylation is 2. The van der Waals surface area contributed by atoms with Crippen molar-refractivity contribution in [2.75, 3.05) is 12.3 Å². The molecule has 0 saturated heterocycles. The molecule has 19 heavy (non-hydrogen) atoms. The minimum atomic E-state index is 0.705. The molecule has 0 heterocycles. The highest BCUT2D eigenvalue weighted by molar-refractivity contribution is 5.44. The van der Waals surface area contributed by atoms with Gasteiger partial charge in [0.2, 0.25) is 0 Å². The van der Waals surface area contributed by atoms with Gasteiger partial charge in [0.15, 0.2) is 0 Å². The van der Waals surface area contributed by atoms with Crippen LogP contribution < -0.4 is 11.5 Å². The molecular formula is C17H22N2. The van der Waals surface area contributed by atoms with Gasteiger partial charge < -0.3 is 11.5 Å². The quantitative estimate of drug-likeness (QED) is 0.824. The van der Waals surface area contributed by atoms with Gasteiger partial charge in [0.25, 0.3) is 0 Å². The van der Waals surface area contributed by atoms with E-state index in [4.69, 9.17) is 11.5 Å². The largest absolute Gasteiger partial charge is 0.399 e. The topological polar surface area (TPSA) is 52.0 Å². The summed E-state index contributed by atoms with van der Waals surface area (Å²) in [6.45, 7) is 5.06. The third kappa shape index (κ3) is 3.36. The molecule has 2 nitrogen and oxygen atoms in total. The standard InChI is InChI=1S/C17H22N2/c1-12-9-15(7-8-18)10-13(2)17(12)11-14-3-5-16(19)6-4-14/h3-6,9-10H,7-8,11,18-19H2,1-2H3. The molecule has 0 aliphatic rings. The lowest BCUT2D eigenvalue weighted by Gasteiger charge is -2.13. The van der Waals surface area contributed by atoms with Gasteiger partial charge in [-0.1, -0.05) is 24.3 Å². The molecule has 2 heteroatoms. The van der Waals surface area contributed by atoms with Gasteiger partial charge in [0, 0.05) is 5.69 Å². The van der Waals surface area contributed by atoms with Crippen molar-refractivity contribution in [3.63, 3.8) is 0 Å². The summed E-state index contributed by atoms with van der Waals surface area (Å²) < 4.78 is 0. The summed E-state index contributed by atoms with van der Waals surface area (Å²) in [4.78, 5) is 0. The van der Waals surface area contributed by atoms with Crippen LogP contribution in [0.5, 0.6) is 0 Å². The van der Waals surface area contributed by atoms with Crippen molar-refractivity contribution >= 4 is 5.69 Å². The third-order valence-corrected chi connectivity index (χ3v) is 3.55. The van der Waals surface area contributed by atoms with Gasteiger partial charge in [0.1, 0.15) is 0 Å². The van der Waals surface area contributed by atoms with E-state index < -0.39 is 0 Å². The fourth-order valence-electron chi connectivity index (χ4n) is 2.51. The van der Waals surface area contributed by atoms with Gasteiger partial charge in [-0.05, 0) is 73.2 Å². The van der Waals surface area contributed by atoms with E-state index in [1.807, 2.05) is 12.1 Å². The number of benzene rings is 2. The molecule has 0 unspecified atom stereocenters. The van der Waals surface area contributed by atoms with Crippen LogP contribution in [0.1, 0.15) is 27.8 Å². The van der Waals surface area contributed by atoms with Crippen LogP contribution in [0.4, 0.5) is 5.69 Å². The van der Waals surface area contributed by atoms with Gasteiger partial charge in [-0.2, -0.15) is 0 Å². The second kappa shape index (κ2) is 5.89. The van der Waals surface area contributed by atoms with Gasteiger partial charge >= 0.3 is 0 Å². The minimum absolute atomic E-state index is 0.705. The van der Waals surface area contributed by atoms with Crippen molar-refractivity contribution in [3.05, 3.63) is 64.2 Å². The molecule has 0 saturated carbocycles. The number of hydrogen-bond acceptors (Lipinski definition) is 2. The van der Waals surface area contributed by atoms with Crippen molar-refractivity contribution in [2.24, 2.45) is 5.73 Å². The van der Waals surface area contributed by atoms with Crippen molar-refractivity contribution in [3.8, 4) is 0 Å². The van der Waals surface area contributed by atoms with Crippen molar-refractivity contribution in [1.29, 1.82) is 0 Å². The van der Waals surface area contributed by atoms with E-state index in [0.717, 1.165) is 18.5 Å². The summed E-state index contributed by atoms with van der Waals surface area (Å²) >= 11 is 0. The predicted octanol–water partition coefficient (Wildman–Crippen LogP) is 2.98. The number of nitrogen functional groups attached to an aromatic ring is 1. The van der Waals surface area contributed by atoms with E-state index in [-0.39, 0.29) is 0 Å². The Labute approximate surface area is 115 Å². The zero-order valence-electron chi connectivity index (χ0n) is 11.7. The van der Waals surface area contributed by atoms with Gasteiger partial charge in [-0.15, -0.1) is 0 Å². The SMILES string of the molecule is Cc1cc(CCN)cc(C)c1Cc1ccc(N)cc1. The highest BCUT2D eigenvalue weighted by atomic mass is 14.5. The first-order valence-electron chi connectivity index (χ1n) is 6.73. The maximum absolute atomic E-state index is 5.72. The summed E-state index contributed by atoms with van der Waals surface area (Å²) in [5, 5.41) is 0. The van der Waals surface area contributed by atoms with Crippen LogP contribution in [0, 0.1) is 13.8 Å². The van der Waals surface area contributed by atoms with E-state index in [9.17, 15) is 0 Å². The Morgan fingerprint density at radius 3 is 2.00 bits per heavy atom. The first-order valence-corrected chi connectivity index (χ1v) is 6.73. The van der Waals surface area contributed by atoms with Gasteiger partial charge in [-0.3, -0.25) is 0 Å². The molecule has 0 fully saturated rings. The Bertz CT molecular complexity index is 533. The average molecular weight is 254 g/mol. The van der Waals surface area contributed by atoms with Crippen LogP contribution in [0.2, 0.25) is 0 Å². The van der Waals surface area contributed by atoms with E-state index in [1.165, 1.54) is 27.8 Å². The van der Waals surface area contributed by atoms with Crippen LogP contribution in [-0.4, -0.2) is 6.54 Å². The van der Waals surface area contributed by atoms with Crippen LogP contribution >= 0.6 is 0 Å².